The highest BCUT2D eigenvalue weighted by Crippen LogP contribution is 2.25. The van der Waals surface area contributed by atoms with Crippen molar-refractivity contribution in [1.82, 2.24) is 19.7 Å². The predicted molar refractivity (Wildman–Crippen MR) is 127 cm³/mol. The number of likely N-dealkylation sites (tertiary alicyclic amines) is 1. The molecule has 2 heterocycles. The lowest BCUT2D eigenvalue weighted by Crippen LogP contribution is -2.41. The van der Waals surface area contributed by atoms with E-state index in [0.717, 1.165) is 38.9 Å². The Hall–Kier alpha value is -2.15. The third-order valence-corrected chi connectivity index (χ3v) is 6.95. The van der Waals surface area contributed by atoms with E-state index in [4.69, 9.17) is 0 Å². The normalized spacial score (nSPS) is 19.7. The molecule has 0 bridgehead atoms. The molecule has 0 spiro atoms. The summed E-state index contributed by atoms with van der Waals surface area (Å²) in [5.41, 5.74) is -0.267. The van der Waals surface area contributed by atoms with Crippen LogP contribution in [0.1, 0.15) is 86.9 Å². The molecule has 1 aromatic heterocycles. The number of hydrogen-bond donors (Lipinski definition) is 1. The number of hydrogen-bond acceptors (Lipinski definition) is 4. The van der Waals surface area contributed by atoms with Crippen molar-refractivity contribution in [2.75, 3.05) is 26.2 Å². The van der Waals surface area contributed by atoms with E-state index in [2.05, 4.69) is 24.1 Å². The number of pyridine rings is 1. The van der Waals surface area contributed by atoms with Crippen LogP contribution in [-0.4, -0.2) is 64.4 Å². The summed E-state index contributed by atoms with van der Waals surface area (Å²) >= 11 is 0. The SMILES string of the molecule is CCN(CC)[C@@H]1CCN(C(=O)c2cn(CC3CCCCC3)cc(C(=O)NC(C)C)c2=O)C1. The molecule has 0 radical (unpaired) electrons. The van der Waals surface area contributed by atoms with Gasteiger partial charge in [-0.1, -0.05) is 33.1 Å². The Morgan fingerprint density at radius 2 is 1.72 bits per heavy atom. The molecule has 7 nitrogen and oxygen atoms in total. The maximum absolute atomic E-state index is 13.4. The molecule has 7 heteroatoms. The van der Waals surface area contributed by atoms with Crippen molar-refractivity contribution < 1.29 is 9.59 Å². The molecule has 2 amide bonds. The molecule has 1 aliphatic heterocycles. The zero-order valence-corrected chi connectivity index (χ0v) is 20.2. The summed E-state index contributed by atoms with van der Waals surface area (Å²) < 4.78 is 1.91. The number of rotatable bonds is 8. The summed E-state index contributed by atoms with van der Waals surface area (Å²) in [5, 5.41) is 2.82. The first kappa shape index (κ1) is 24.5. The molecule has 3 rings (SSSR count). The average molecular weight is 445 g/mol. The Labute approximate surface area is 192 Å². The average Bonchev–Trinajstić information content (AvgIpc) is 3.25. The lowest BCUT2D eigenvalue weighted by atomic mass is 9.89. The summed E-state index contributed by atoms with van der Waals surface area (Å²) in [6.07, 6.45) is 10.3. The smallest absolute Gasteiger partial charge is 0.259 e. The van der Waals surface area contributed by atoms with Crippen LogP contribution in [0.3, 0.4) is 0 Å². The van der Waals surface area contributed by atoms with Crippen molar-refractivity contribution >= 4 is 11.8 Å². The quantitative estimate of drug-likeness (QED) is 0.669. The van der Waals surface area contributed by atoms with E-state index in [1.165, 1.54) is 19.3 Å². The summed E-state index contributed by atoms with van der Waals surface area (Å²) in [6.45, 7) is 11.9. The molecule has 0 aromatic carbocycles. The van der Waals surface area contributed by atoms with E-state index in [-0.39, 0.29) is 23.1 Å². The second-order valence-corrected chi connectivity index (χ2v) is 9.66. The Bertz CT molecular complexity index is 853. The van der Waals surface area contributed by atoms with Crippen molar-refractivity contribution in [3.63, 3.8) is 0 Å². The van der Waals surface area contributed by atoms with E-state index in [1.54, 1.807) is 17.3 Å². The number of aromatic nitrogens is 1. The van der Waals surface area contributed by atoms with Gasteiger partial charge in [-0.15, -0.1) is 0 Å². The van der Waals surface area contributed by atoms with Gasteiger partial charge in [0.1, 0.15) is 11.1 Å². The van der Waals surface area contributed by atoms with Gasteiger partial charge in [0.15, 0.2) is 0 Å². The maximum Gasteiger partial charge on any atom is 0.259 e. The Balaban J connectivity index is 1.89. The molecule has 1 saturated carbocycles. The summed E-state index contributed by atoms with van der Waals surface area (Å²) in [5.74, 6) is -0.130. The standard InChI is InChI=1S/C25H40N4O3/c1-5-28(6-2)20-12-13-29(15-20)25(32)22-17-27(14-19-10-8-7-9-11-19)16-21(23(22)30)24(31)26-18(3)4/h16-20H,5-15H2,1-4H3,(H,26,31)/t20-/m1/s1. The fraction of sp³-hybridized carbons (Fsp3) is 0.720. The minimum Gasteiger partial charge on any atom is -0.352 e. The Morgan fingerprint density at radius 3 is 2.34 bits per heavy atom. The highest BCUT2D eigenvalue weighted by atomic mass is 16.2. The minimum absolute atomic E-state index is 0.0693. The summed E-state index contributed by atoms with van der Waals surface area (Å²) in [7, 11) is 0. The molecule has 178 valence electrons. The van der Waals surface area contributed by atoms with Crippen molar-refractivity contribution in [2.24, 2.45) is 5.92 Å². The zero-order valence-electron chi connectivity index (χ0n) is 20.2. The number of amides is 2. The Kier molecular flexibility index (Phi) is 8.51. The van der Waals surface area contributed by atoms with Gasteiger partial charge in [0.2, 0.25) is 5.43 Å². The van der Waals surface area contributed by atoms with Gasteiger partial charge in [-0.3, -0.25) is 19.3 Å². The molecule has 0 unspecified atom stereocenters. The highest BCUT2D eigenvalue weighted by molar-refractivity contribution is 5.99. The van der Waals surface area contributed by atoms with E-state index >= 15 is 0 Å². The van der Waals surface area contributed by atoms with Crippen molar-refractivity contribution in [3.05, 3.63) is 33.7 Å². The molecule has 2 fully saturated rings. The molecular formula is C25H40N4O3. The molecule has 1 saturated heterocycles. The number of carbonyl (C=O) groups excluding carboxylic acids is 2. The van der Waals surface area contributed by atoms with E-state index in [9.17, 15) is 14.4 Å². The maximum atomic E-state index is 13.4. The van der Waals surface area contributed by atoms with Gasteiger partial charge in [-0.25, -0.2) is 0 Å². The molecule has 32 heavy (non-hydrogen) atoms. The first-order valence-electron chi connectivity index (χ1n) is 12.4. The van der Waals surface area contributed by atoms with Crippen LogP contribution in [0.2, 0.25) is 0 Å². The van der Waals surface area contributed by atoms with Crippen molar-refractivity contribution in [2.45, 2.75) is 84.8 Å². The topological polar surface area (TPSA) is 74.7 Å². The van der Waals surface area contributed by atoms with Crippen molar-refractivity contribution in [1.29, 1.82) is 0 Å². The highest BCUT2D eigenvalue weighted by Gasteiger charge is 2.32. The lowest BCUT2D eigenvalue weighted by Gasteiger charge is -2.26. The number of likely N-dealkylation sites (N-methyl/N-ethyl adjacent to an activating group) is 1. The van der Waals surface area contributed by atoms with Gasteiger partial charge in [0.25, 0.3) is 11.8 Å². The fourth-order valence-corrected chi connectivity index (χ4v) is 5.19. The monoisotopic (exact) mass is 444 g/mol. The molecule has 1 aromatic rings. The molecule has 1 N–H and O–H groups in total. The van der Waals surface area contributed by atoms with Crippen LogP contribution in [-0.2, 0) is 6.54 Å². The zero-order chi connectivity index (χ0) is 23.3. The fourth-order valence-electron chi connectivity index (χ4n) is 5.19. The van der Waals surface area contributed by atoms with Crippen LogP contribution in [0, 0.1) is 5.92 Å². The number of nitrogens with one attached hydrogen (secondary N) is 1. The molecule has 1 atom stereocenters. The van der Waals surface area contributed by atoms with Gasteiger partial charge in [-0.2, -0.15) is 0 Å². The molecule has 1 aliphatic carbocycles. The first-order chi connectivity index (χ1) is 15.3. The lowest BCUT2D eigenvalue weighted by molar-refractivity contribution is 0.0775. The number of nitrogens with zero attached hydrogens (tertiary/aromatic N) is 3. The van der Waals surface area contributed by atoms with E-state index in [1.807, 2.05) is 18.4 Å². The third kappa shape index (κ3) is 5.80. The second-order valence-electron chi connectivity index (χ2n) is 9.66. The van der Waals surface area contributed by atoms with Crippen LogP contribution >= 0.6 is 0 Å². The Morgan fingerprint density at radius 1 is 1.06 bits per heavy atom. The summed E-state index contributed by atoms with van der Waals surface area (Å²) in [6, 6.07) is 0.243. The van der Waals surface area contributed by atoms with E-state index < -0.39 is 11.3 Å². The van der Waals surface area contributed by atoms with Gasteiger partial charge in [0, 0.05) is 44.1 Å². The number of carbonyl (C=O) groups is 2. The summed E-state index contributed by atoms with van der Waals surface area (Å²) in [4.78, 5) is 43.6. The third-order valence-electron chi connectivity index (χ3n) is 6.95. The van der Waals surface area contributed by atoms with Gasteiger partial charge in [-0.05, 0) is 52.1 Å². The minimum atomic E-state index is -0.459. The van der Waals surface area contributed by atoms with Crippen LogP contribution in [0.15, 0.2) is 17.2 Å². The first-order valence-corrected chi connectivity index (χ1v) is 12.4. The predicted octanol–water partition coefficient (Wildman–Crippen LogP) is 3.12. The van der Waals surface area contributed by atoms with Gasteiger partial charge in [0.05, 0.1) is 0 Å². The van der Waals surface area contributed by atoms with Crippen LogP contribution in [0.25, 0.3) is 0 Å². The van der Waals surface area contributed by atoms with Gasteiger partial charge >= 0.3 is 0 Å². The molecular weight excluding hydrogens is 404 g/mol. The van der Waals surface area contributed by atoms with Crippen LogP contribution in [0.4, 0.5) is 0 Å². The van der Waals surface area contributed by atoms with Crippen molar-refractivity contribution in [3.8, 4) is 0 Å². The molecule has 2 aliphatic rings. The van der Waals surface area contributed by atoms with Crippen LogP contribution in [0.5, 0.6) is 0 Å². The van der Waals surface area contributed by atoms with Crippen LogP contribution < -0.4 is 10.7 Å². The largest absolute Gasteiger partial charge is 0.352 e. The second kappa shape index (κ2) is 11.1. The van der Waals surface area contributed by atoms with Gasteiger partial charge < -0.3 is 14.8 Å². The van der Waals surface area contributed by atoms with E-state index in [0.29, 0.717) is 25.0 Å².